The number of aromatic nitrogens is 1. The van der Waals surface area contributed by atoms with Gasteiger partial charge in [0.2, 0.25) is 26.0 Å². The summed E-state index contributed by atoms with van der Waals surface area (Å²) in [5.74, 6) is -0.843. The van der Waals surface area contributed by atoms with E-state index in [2.05, 4.69) is 9.71 Å². The number of benzene rings is 1. The average molecular weight is 395 g/mol. The molecule has 0 unspecified atom stereocenters. The lowest BCUT2D eigenvalue weighted by atomic mass is 10.2. The summed E-state index contributed by atoms with van der Waals surface area (Å²) in [6.07, 6.45) is 3.00. The molecule has 0 bridgehead atoms. The predicted molar refractivity (Wildman–Crippen MR) is 95.3 cm³/mol. The summed E-state index contributed by atoms with van der Waals surface area (Å²) in [6, 6.07) is 7.49. The van der Waals surface area contributed by atoms with Crippen LogP contribution in [0.4, 0.5) is 5.69 Å². The monoisotopic (exact) mass is 395 g/mol. The first-order valence-corrected chi connectivity index (χ1v) is 10.8. The van der Waals surface area contributed by atoms with Gasteiger partial charge >= 0.3 is 0 Å². The van der Waals surface area contributed by atoms with Crippen molar-refractivity contribution >= 4 is 31.6 Å². The van der Waals surface area contributed by atoms with Crippen LogP contribution in [-0.2, 0) is 31.4 Å². The molecule has 0 atom stereocenters. The first-order chi connectivity index (χ1) is 12.2. The Balaban J connectivity index is 1.93. The molecule has 0 saturated carbocycles. The second-order valence-electron chi connectivity index (χ2n) is 5.85. The van der Waals surface area contributed by atoms with Gasteiger partial charge in [0.1, 0.15) is 0 Å². The van der Waals surface area contributed by atoms with E-state index in [1.165, 1.54) is 18.2 Å². The Morgan fingerprint density at radius 2 is 1.88 bits per heavy atom. The molecule has 10 heteroatoms. The zero-order valence-corrected chi connectivity index (χ0v) is 15.5. The number of hydrogen-bond donors (Lipinski definition) is 1. The second-order valence-corrected chi connectivity index (χ2v) is 9.53. The molecule has 1 N–H and O–H groups in total. The maximum Gasteiger partial charge on any atom is 0.242 e. The third kappa shape index (κ3) is 3.62. The number of rotatable bonds is 5. The third-order valence-corrected chi connectivity index (χ3v) is 7.22. The van der Waals surface area contributed by atoms with E-state index in [1.807, 2.05) is 0 Å². The number of amides is 1. The number of nitrogens with zero attached hydrogens (tertiary/aromatic N) is 2. The molecule has 2 heterocycles. The van der Waals surface area contributed by atoms with Crippen LogP contribution in [0.15, 0.2) is 47.6 Å². The van der Waals surface area contributed by atoms with E-state index in [-0.39, 0.29) is 29.3 Å². The smallest absolute Gasteiger partial charge is 0.242 e. The Labute approximate surface area is 152 Å². The Morgan fingerprint density at radius 3 is 2.50 bits per heavy atom. The van der Waals surface area contributed by atoms with E-state index >= 15 is 0 Å². The van der Waals surface area contributed by atoms with Crippen molar-refractivity contribution in [1.29, 1.82) is 0 Å². The fourth-order valence-electron chi connectivity index (χ4n) is 2.63. The van der Waals surface area contributed by atoms with Gasteiger partial charge in [-0.15, -0.1) is 0 Å². The number of carbonyl (C=O) groups is 1. The van der Waals surface area contributed by atoms with Crippen molar-refractivity contribution in [1.82, 2.24) is 9.71 Å². The zero-order valence-electron chi connectivity index (χ0n) is 13.9. The van der Waals surface area contributed by atoms with Crippen molar-refractivity contribution < 1.29 is 21.6 Å². The summed E-state index contributed by atoms with van der Waals surface area (Å²) in [7, 11) is -7.66. The highest BCUT2D eigenvalue weighted by Gasteiger charge is 2.36. The summed E-state index contributed by atoms with van der Waals surface area (Å²) in [6.45, 7) is 1.67. The van der Waals surface area contributed by atoms with Gasteiger partial charge in [-0.1, -0.05) is 6.07 Å². The minimum atomic E-state index is -3.90. The summed E-state index contributed by atoms with van der Waals surface area (Å²) in [5.41, 5.74) is 1.21. The molecule has 138 valence electrons. The fourth-order valence-corrected chi connectivity index (χ4v) is 5.36. The molecule has 0 aliphatic carbocycles. The van der Waals surface area contributed by atoms with Crippen molar-refractivity contribution in [2.75, 3.05) is 10.1 Å². The van der Waals surface area contributed by atoms with E-state index in [1.54, 1.807) is 31.5 Å². The van der Waals surface area contributed by atoms with Gasteiger partial charge in [-0.2, -0.15) is 0 Å². The van der Waals surface area contributed by atoms with E-state index in [0.29, 0.717) is 9.87 Å². The molecule has 0 radical (unpaired) electrons. The Kier molecular flexibility index (Phi) is 4.82. The number of anilines is 1. The molecule has 1 aliphatic heterocycles. The first-order valence-electron chi connectivity index (χ1n) is 7.76. The summed E-state index contributed by atoms with van der Waals surface area (Å²) < 4.78 is 52.6. The van der Waals surface area contributed by atoms with Gasteiger partial charge in [-0.3, -0.25) is 9.78 Å². The van der Waals surface area contributed by atoms with Crippen LogP contribution in [0.3, 0.4) is 0 Å². The maximum absolute atomic E-state index is 12.7. The minimum absolute atomic E-state index is 0.0300. The van der Waals surface area contributed by atoms with E-state index in [0.717, 1.165) is 5.56 Å². The SMILES string of the molecule is Cc1ccc(N2C(=O)CCS2(=O)=O)cc1S(=O)(=O)NCc1ccncc1. The molecule has 26 heavy (non-hydrogen) atoms. The summed E-state index contributed by atoms with van der Waals surface area (Å²) in [5, 5.41) is 0. The van der Waals surface area contributed by atoms with Gasteiger partial charge in [0.25, 0.3) is 0 Å². The molecule has 1 aromatic heterocycles. The molecular formula is C16H17N3O5S2. The normalized spacial score (nSPS) is 16.8. The molecule has 8 nitrogen and oxygen atoms in total. The lowest BCUT2D eigenvalue weighted by Crippen LogP contribution is -2.30. The molecule has 1 aliphatic rings. The van der Waals surface area contributed by atoms with E-state index in [9.17, 15) is 21.6 Å². The van der Waals surface area contributed by atoms with Gasteiger partial charge in [-0.05, 0) is 42.3 Å². The molecule has 1 amide bonds. The van der Waals surface area contributed by atoms with Crippen LogP contribution in [0.2, 0.25) is 0 Å². The van der Waals surface area contributed by atoms with Crippen LogP contribution in [0, 0.1) is 6.92 Å². The first kappa shape index (κ1) is 18.5. The Morgan fingerprint density at radius 1 is 1.19 bits per heavy atom. The highest BCUT2D eigenvalue weighted by atomic mass is 32.2. The molecule has 2 aromatic rings. The van der Waals surface area contributed by atoms with Crippen LogP contribution < -0.4 is 9.03 Å². The predicted octanol–water partition coefficient (Wildman–Crippen LogP) is 0.935. The van der Waals surface area contributed by atoms with Gasteiger partial charge in [-0.25, -0.2) is 25.9 Å². The summed E-state index contributed by atoms with van der Waals surface area (Å²) >= 11 is 0. The molecule has 0 spiro atoms. The van der Waals surface area contributed by atoms with E-state index in [4.69, 9.17) is 0 Å². The highest BCUT2D eigenvalue weighted by molar-refractivity contribution is 7.94. The highest BCUT2D eigenvalue weighted by Crippen LogP contribution is 2.29. The van der Waals surface area contributed by atoms with Crippen molar-refractivity contribution in [2.24, 2.45) is 0 Å². The second kappa shape index (κ2) is 6.78. The third-order valence-electron chi connectivity index (χ3n) is 3.99. The standard InChI is InChI=1S/C16H17N3O5S2/c1-12-2-3-14(19-16(20)6-9-25(19,21)22)10-15(12)26(23,24)18-11-13-4-7-17-8-5-13/h2-5,7-8,10,18H,6,9,11H2,1H3. The minimum Gasteiger partial charge on any atom is -0.273 e. The van der Waals surface area contributed by atoms with E-state index < -0.39 is 26.0 Å². The molecule has 3 rings (SSSR count). The quantitative estimate of drug-likeness (QED) is 0.806. The number of aryl methyl sites for hydroxylation is 1. The average Bonchev–Trinajstić information content (AvgIpc) is 2.88. The van der Waals surface area contributed by atoms with Gasteiger partial charge < -0.3 is 0 Å². The van der Waals surface area contributed by atoms with Crippen molar-refractivity contribution in [3.8, 4) is 0 Å². The van der Waals surface area contributed by atoms with Gasteiger partial charge in [0.15, 0.2) is 0 Å². The number of pyridine rings is 1. The van der Waals surface area contributed by atoms with Crippen LogP contribution in [0.25, 0.3) is 0 Å². The lowest BCUT2D eigenvalue weighted by molar-refractivity contribution is -0.116. The van der Waals surface area contributed by atoms with Crippen molar-refractivity contribution in [3.63, 3.8) is 0 Å². The molecule has 1 fully saturated rings. The van der Waals surface area contributed by atoms with Crippen LogP contribution in [-0.4, -0.2) is 33.5 Å². The van der Waals surface area contributed by atoms with Crippen LogP contribution >= 0.6 is 0 Å². The van der Waals surface area contributed by atoms with Crippen molar-refractivity contribution in [3.05, 3.63) is 53.9 Å². The van der Waals surface area contributed by atoms with Crippen molar-refractivity contribution in [2.45, 2.75) is 24.8 Å². The van der Waals surface area contributed by atoms with Crippen LogP contribution in [0.1, 0.15) is 17.5 Å². The Bertz CT molecular complexity index is 1050. The summed E-state index contributed by atoms with van der Waals surface area (Å²) in [4.78, 5) is 15.7. The molecular weight excluding hydrogens is 378 g/mol. The number of carbonyl (C=O) groups excluding carboxylic acids is 1. The fraction of sp³-hybridized carbons (Fsp3) is 0.250. The Hall–Kier alpha value is -2.30. The topological polar surface area (TPSA) is 114 Å². The number of hydrogen-bond acceptors (Lipinski definition) is 6. The largest absolute Gasteiger partial charge is 0.273 e. The number of nitrogens with one attached hydrogen (secondary N) is 1. The van der Waals surface area contributed by atoms with Gasteiger partial charge in [0, 0.05) is 25.4 Å². The van der Waals surface area contributed by atoms with Gasteiger partial charge in [0.05, 0.1) is 16.3 Å². The van der Waals surface area contributed by atoms with Crippen LogP contribution in [0.5, 0.6) is 0 Å². The zero-order chi connectivity index (χ0) is 18.9. The lowest BCUT2D eigenvalue weighted by Gasteiger charge is -2.17. The molecule has 1 saturated heterocycles. The maximum atomic E-state index is 12.7. The molecule has 1 aromatic carbocycles. The number of sulfonamides is 2.